The summed E-state index contributed by atoms with van der Waals surface area (Å²) in [5.41, 5.74) is 0.0998. The lowest BCUT2D eigenvalue weighted by atomic mass is 10.2. The lowest BCUT2D eigenvalue weighted by Crippen LogP contribution is -2.12. The summed E-state index contributed by atoms with van der Waals surface area (Å²) in [6, 6.07) is 8.52. The minimum Gasteiger partial charge on any atom is -0.322 e. The fourth-order valence-electron chi connectivity index (χ4n) is 2.12. The Morgan fingerprint density at radius 1 is 1.19 bits per heavy atom. The predicted octanol–water partition coefficient (Wildman–Crippen LogP) is 4.95. The molecule has 1 amide bonds. The number of rotatable bonds is 3. The summed E-state index contributed by atoms with van der Waals surface area (Å²) in [5, 5.41) is 6.39. The molecule has 5 nitrogen and oxygen atoms in total. The first kappa shape index (κ1) is 18.4. The molecule has 0 aliphatic carbocycles. The normalized spacial score (nSPS) is 11.4. The Balaban J connectivity index is 1.80. The van der Waals surface area contributed by atoms with Gasteiger partial charge in [-0.15, -0.1) is 0 Å². The first-order valence-corrected chi connectivity index (χ1v) is 8.27. The number of carbonyl (C=O) groups is 1. The van der Waals surface area contributed by atoms with Gasteiger partial charge >= 0.3 is 6.18 Å². The van der Waals surface area contributed by atoms with Gasteiger partial charge in [0, 0.05) is 24.1 Å². The zero-order chi connectivity index (χ0) is 18.9. The molecule has 3 rings (SSSR count). The van der Waals surface area contributed by atoms with Crippen molar-refractivity contribution >= 4 is 39.1 Å². The smallest absolute Gasteiger partial charge is 0.322 e. The Morgan fingerprint density at radius 2 is 1.88 bits per heavy atom. The summed E-state index contributed by atoms with van der Waals surface area (Å²) in [6.45, 7) is 0. The van der Waals surface area contributed by atoms with Gasteiger partial charge < -0.3 is 5.32 Å². The number of hydrogen-bond acceptors (Lipinski definition) is 3. The molecule has 0 saturated carbocycles. The van der Waals surface area contributed by atoms with Gasteiger partial charge in [-0.25, -0.2) is 4.68 Å². The van der Waals surface area contributed by atoms with Gasteiger partial charge in [-0.1, -0.05) is 11.6 Å². The molecule has 0 saturated heterocycles. The van der Waals surface area contributed by atoms with Crippen molar-refractivity contribution in [1.29, 1.82) is 0 Å². The third kappa shape index (κ3) is 3.88. The monoisotopic (exact) mass is 444 g/mol. The number of alkyl halides is 3. The quantitative estimate of drug-likeness (QED) is 0.620. The van der Waals surface area contributed by atoms with E-state index in [1.807, 2.05) is 0 Å². The molecule has 10 heteroatoms. The van der Waals surface area contributed by atoms with Crippen molar-refractivity contribution < 1.29 is 18.0 Å². The number of aromatic nitrogens is 3. The van der Waals surface area contributed by atoms with E-state index in [0.717, 1.165) is 10.7 Å². The number of benzene rings is 1. The number of anilines is 1. The van der Waals surface area contributed by atoms with Crippen LogP contribution in [0.2, 0.25) is 5.02 Å². The number of nitrogens with one attached hydrogen (secondary N) is 1. The number of pyridine rings is 1. The van der Waals surface area contributed by atoms with Crippen LogP contribution < -0.4 is 5.32 Å². The van der Waals surface area contributed by atoms with Gasteiger partial charge in [0.05, 0.1) is 16.3 Å². The lowest BCUT2D eigenvalue weighted by Gasteiger charge is -2.08. The minimum atomic E-state index is -4.54. The molecule has 0 fully saturated rings. The van der Waals surface area contributed by atoms with Crippen molar-refractivity contribution in [1.82, 2.24) is 14.8 Å². The number of carbonyl (C=O) groups excluding carboxylic acids is 1. The molecule has 0 aliphatic heterocycles. The third-order valence-electron chi connectivity index (χ3n) is 3.34. The number of amides is 1. The van der Waals surface area contributed by atoms with Crippen LogP contribution in [0.3, 0.4) is 0 Å². The maximum atomic E-state index is 12.7. The Morgan fingerprint density at radius 3 is 2.46 bits per heavy atom. The van der Waals surface area contributed by atoms with Crippen LogP contribution in [0.5, 0.6) is 0 Å². The summed E-state index contributed by atoms with van der Waals surface area (Å²) in [7, 11) is 0. The van der Waals surface area contributed by atoms with Gasteiger partial charge in [0.25, 0.3) is 5.91 Å². The minimum absolute atomic E-state index is 0.158. The van der Waals surface area contributed by atoms with E-state index in [9.17, 15) is 18.0 Å². The fraction of sp³-hybridized carbons (Fsp3) is 0.0625. The molecule has 0 radical (unpaired) electrons. The highest BCUT2D eigenvalue weighted by atomic mass is 79.9. The van der Waals surface area contributed by atoms with E-state index < -0.39 is 17.8 Å². The van der Waals surface area contributed by atoms with Gasteiger partial charge in [-0.3, -0.25) is 9.78 Å². The van der Waals surface area contributed by atoms with Gasteiger partial charge in [-0.05, 0) is 46.3 Å². The summed E-state index contributed by atoms with van der Waals surface area (Å²) >= 11 is 8.97. The molecule has 3 aromatic rings. The standard InChI is InChI=1S/C16H9BrClF3N4O/c17-14-7-13(16(19,20)21)24-25(14)10-3-1-9(2-4-10)23-15(26)11-5-6-22-8-12(11)18/h1-8H,(H,23,26). The van der Waals surface area contributed by atoms with E-state index in [4.69, 9.17) is 11.6 Å². The van der Waals surface area contributed by atoms with Crippen LogP contribution >= 0.6 is 27.5 Å². The molecule has 134 valence electrons. The van der Waals surface area contributed by atoms with Crippen LogP contribution in [0, 0.1) is 0 Å². The molecular weight excluding hydrogens is 437 g/mol. The average molecular weight is 446 g/mol. The van der Waals surface area contributed by atoms with E-state index in [-0.39, 0.29) is 15.2 Å². The van der Waals surface area contributed by atoms with E-state index in [1.54, 1.807) is 12.1 Å². The number of hydrogen-bond donors (Lipinski definition) is 1. The second-order valence-electron chi connectivity index (χ2n) is 5.12. The highest BCUT2D eigenvalue weighted by Crippen LogP contribution is 2.31. The van der Waals surface area contributed by atoms with E-state index in [0.29, 0.717) is 11.4 Å². The third-order valence-corrected chi connectivity index (χ3v) is 4.21. The Labute approximate surface area is 158 Å². The maximum Gasteiger partial charge on any atom is 0.435 e. The largest absolute Gasteiger partial charge is 0.435 e. The van der Waals surface area contributed by atoms with Gasteiger partial charge in [0.2, 0.25) is 0 Å². The summed E-state index contributed by atoms with van der Waals surface area (Å²) in [5.74, 6) is -0.426. The molecule has 0 atom stereocenters. The van der Waals surface area contributed by atoms with E-state index in [2.05, 4.69) is 31.3 Å². The van der Waals surface area contributed by atoms with Crippen molar-refractivity contribution in [2.75, 3.05) is 5.32 Å². The zero-order valence-corrected chi connectivity index (χ0v) is 15.1. The van der Waals surface area contributed by atoms with Crippen LogP contribution in [-0.2, 0) is 6.18 Å². The fourth-order valence-corrected chi connectivity index (χ4v) is 2.83. The van der Waals surface area contributed by atoms with Crippen molar-refractivity contribution in [2.24, 2.45) is 0 Å². The average Bonchev–Trinajstić information content (AvgIpc) is 2.98. The van der Waals surface area contributed by atoms with Crippen LogP contribution in [0.1, 0.15) is 16.1 Å². The highest BCUT2D eigenvalue weighted by molar-refractivity contribution is 9.10. The predicted molar refractivity (Wildman–Crippen MR) is 93.5 cm³/mol. The van der Waals surface area contributed by atoms with Gasteiger partial charge in [0.15, 0.2) is 5.69 Å². The molecule has 1 N–H and O–H groups in total. The van der Waals surface area contributed by atoms with Crippen LogP contribution in [0.25, 0.3) is 5.69 Å². The number of nitrogens with zero attached hydrogens (tertiary/aromatic N) is 3. The molecule has 26 heavy (non-hydrogen) atoms. The molecule has 0 spiro atoms. The van der Waals surface area contributed by atoms with Crippen molar-refractivity contribution in [2.45, 2.75) is 6.18 Å². The van der Waals surface area contributed by atoms with Gasteiger partial charge in [0.1, 0.15) is 4.60 Å². The molecule has 0 bridgehead atoms. The topological polar surface area (TPSA) is 59.8 Å². The molecule has 1 aromatic carbocycles. The first-order valence-electron chi connectivity index (χ1n) is 7.10. The van der Waals surface area contributed by atoms with E-state index in [1.165, 1.54) is 30.6 Å². The van der Waals surface area contributed by atoms with Crippen molar-refractivity contribution in [3.63, 3.8) is 0 Å². The summed E-state index contributed by atoms with van der Waals surface area (Å²) in [4.78, 5) is 16.0. The Kier molecular flexibility index (Phi) is 5.01. The van der Waals surface area contributed by atoms with Crippen LogP contribution in [0.15, 0.2) is 53.4 Å². The Hall–Kier alpha value is -2.39. The maximum absolute atomic E-state index is 12.7. The van der Waals surface area contributed by atoms with Crippen molar-refractivity contribution in [3.05, 3.63) is 69.7 Å². The molecule has 0 unspecified atom stereocenters. The van der Waals surface area contributed by atoms with Crippen LogP contribution in [-0.4, -0.2) is 20.7 Å². The SMILES string of the molecule is O=C(Nc1ccc(-n2nc(C(F)(F)F)cc2Br)cc1)c1ccncc1Cl. The summed E-state index contributed by atoms with van der Waals surface area (Å²) < 4.78 is 39.5. The van der Waals surface area contributed by atoms with Gasteiger partial charge in [-0.2, -0.15) is 18.3 Å². The van der Waals surface area contributed by atoms with Crippen molar-refractivity contribution in [3.8, 4) is 5.69 Å². The Bertz CT molecular complexity index is 957. The second-order valence-corrected chi connectivity index (χ2v) is 6.34. The molecule has 2 aromatic heterocycles. The number of halogens is 5. The summed E-state index contributed by atoms with van der Waals surface area (Å²) in [6.07, 6.45) is -1.74. The molecule has 2 heterocycles. The highest BCUT2D eigenvalue weighted by Gasteiger charge is 2.34. The second kappa shape index (κ2) is 7.08. The van der Waals surface area contributed by atoms with Crippen LogP contribution in [0.4, 0.5) is 18.9 Å². The zero-order valence-electron chi connectivity index (χ0n) is 12.8. The van der Waals surface area contributed by atoms with E-state index >= 15 is 0 Å². The lowest BCUT2D eigenvalue weighted by molar-refractivity contribution is -0.141. The first-order chi connectivity index (χ1) is 12.3. The molecular formula is C16H9BrClF3N4O. The molecule has 0 aliphatic rings.